The average Bonchev–Trinajstić information content (AvgIpc) is 3.01. The van der Waals surface area contributed by atoms with E-state index in [1.165, 1.54) is 12.2 Å². The van der Waals surface area contributed by atoms with Gasteiger partial charge in [0, 0.05) is 44.2 Å². The van der Waals surface area contributed by atoms with Crippen LogP contribution in [0.15, 0.2) is 24.1 Å². The van der Waals surface area contributed by atoms with E-state index in [-0.39, 0.29) is 42.4 Å². The molecule has 0 aromatic heterocycles. The number of likely N-dealkylation sites (tertiary alicyclic amines) is 3. The standard InChI is InChI=1S/C23H34FN3O4/c1-3-31-22(30)26-12-6-17(7-13-26)25-10-8-18(9-11-25)27-20-5-4-16(24)14-19(20)23(2,15-28)21(27)29/h4-5,14,17-20,28H,3,6-13,15H2,1-2H3. The molecule has 3 atom stereocenters. The van der Waals surface area contributed by atoms with Crippen molar-refractivity contribution in [2.24, 2.45) is 11.3 Å². The Morgan fingerprint density at radius 1 is 1.19 bits per heavy atom. The van der Waals surface area contributed by atoms with Crippen molar-refractivity contribution < 1.29 is 23.8 Å². The van der Waals surface area contributed by atoms with Crippen LogP contribution in [0.1, 0.15) is 39.5 Å². The third-order valence-corrected chi connectivity index (χ3v) is 7.67. The second kappa shape index (κ2) is 8.90. The first-order chi connectivity index (χ1) is 14.9. The number of rotatable bonds is 4. The van der Waals surface area contributed by atoms with Crippen LogP contribution in [0, 0.1) is 11.3 Å². The summed E-state index contributed by atoms with van der Waals surface area (Å²) in [7, 11) is 0. The van der Waals surface area contributed by atoms with Gasteiger partial charge in [0.15, 0.2) is 0 Å². The maximum Gasteiger partial charge on any atom is 0.409 e. The lowest BCUT2D eigenvalue weighted by molar-refractivity contribution is -0.140. The molecule has 172 valence electrons. The number of halogens is 1. The monoisotopic (exact) mass is 435 g/mol. The molecule has 3 aliphatic heterocycles. The molecule has 0 spiro atoms. The number of ether oxygens (including phenoxy) is 1. The van der Waals surface area contributed by atoms with Crippen molar-refractivity contribution >= 4 is 12.0 Å². The van der Waals surface area contributed by atoms with Gasteiger partial charge >= 0.3 is 6.09 Å². The maximum absolute atomic E-state index is 13.9. The van der Waals surface area contributed by atoms with Gasteiger partial charge in [-0.05, 0) is 51.7 Å². The van der Waals surface area contributed by atoms with E-state index in [0.29, 0.717) is 12.6 Å². The number of hydrogen-bond donors (Lipinski definition) is 1. The molecule has 1 aliphatic carbocycles. The van der Waals surface area contributed by atoms with Gasteiger partial charge in [0.05, 0.1) is 24.7 Å². The molecule has 0 aromatic carbocycles. The Balaban J connectivity index is 1.36. The minimum atomic E-state index is -0.968. The van der Waals surface area contributed by atoms with Crippen LogP contribution in [0.25, 0.3) is 0 Å². The van der Waals surface area contributed by atoms with Crippen molar-refractivity contribution in [1.82, 2.24) is 14.7 Å². The van der Waals surface area contributed by atoms with Crippen LogP contribution in [0.2, 0.25) is 0 Å². The third-order valence-electron chi connectivity index (χ3n) is 7.67. The summed E-state index contributed by atoms with van der Waals surface area (Å²) in [6.07, 6.45) is 8.12. The third kappa shape index (κ3) is 4.00. The fourth-order valence-electron chi connectivity index (χ4n) is 5.78. The molecule has 31 heavy (non-hydrogen) atoms. The topological polar surface area (TPSA) is 73.3 Å². The van der Waals surface area contributed by atoms with E-state index in [9.17, 15) is 19.1 Å². The molecular weight excluding hydrogens is 401 g/mol. The predicted molar refractivity (Wildman–Crippen MR) is 114 cm³/mol. The van der Waals surface area contributed by atoms with Crippen LogP contribution >= 0.6 is 0 Å². The van der Waals surface area contributed by atoms with Crippen molar-refractivity contribution in [3.8, 4) is 0 Å². The second-order valence-corrected chi connectivity index (χ2v) is 9.40. The van der Waals surface area contributed by atoms with Crippen molar-refractivity contribution in [1.29, 1.82) is 0 Å². The Labute approximate surface area is 183 Å². The van der Waals surface area contributed by atoms with Gasteiger partial charge in [-0.2, -0.15) is 0 Å². The molecule has 3 heterocycles. The van der Waals surface area contributed by atoms with E-state index in [4.69, 9.17) is 4.74 Å². The molecule has 0 aromatic rings. The molecule has 3 saturated heterocycles. The molecule has 4 rings (SSSR count). The lowest BCUT2D eigenvalue weighted by atomic mass is 9.75. The highest BCUT2D eigenvalue weighted by molar-refractivity contribution is 5.87. The zero-order chi connectivity index (χ0) is 22.2. The predicted octanol–water partition coefficient (Wildman–Crippen LogP) is 2.32. The summed E-state index contributed by atoms with van der Waals surface area (Å²) in [5.74, 6) is -0.735. The van der Waals surface area contributed by atoms with E-state index in [2.05, 4.69) is 4.90 Å². The molecular formula is C23H34FN3O4. The number of carbonyl (C=O) groups is 2. The normalized spacial score (nSPS) is 32.9. The van der Waals surface area contributed by atoms with E-state index in [0.717, 1.165) is 51.9 Å². The lowest BCUT2D eigenvalue weighted by Crippen LogP contribution is -2.53. The van der Waals surface area contributed by atoms with Gasteiger partial charge in [-0.15, -0.1) is 0 Å². The molecule has 3 unspecified atom stereocenters. The van der Waals surface area contributed by atoms with Gasteiger partial charge in [0.25, 0.3) is 0 Å². The second-order valence-electron chi connectivity index (χ2n) is 9.40. The summed E-state index contributed by atoms with van der Waals surface area (Å²) in [4.78, 5) is 31.4. The largest absolute Gasteiger partial charge is 0.450 e. The minimum absolute atomic E-state index is 0.0678. The highest BCUT2D eigenvalue weighted by Gasteiger charge is 2.57. The molecule has 0 bridgehead atoms. The fraction of sp³-hybridized carbons (Fsp3) is 0.739. The highest BCUT2D eigenvalue weighted by Crippen LogP contribution is 2.47. The number of aliphatic hydroxyl groups excluding tert-OH is 1. The van der Waals surface area contributed by atoms with Gasteiger partial charge in [0.2, 0.25) is 5.91 Å². The van der Waals surface area contributed by atoms with Gasteiger partial charge in [-0.1, -0.05) is 6.08 Å². The molecule has 4 aliphatic rings. The Morgan fingerprint density at radius 3 is 2.45 bits per heavy atom. The summed E-state index contributed by atoms with van der Waals surface area (Å²) in [5, 5.41) is 9.97. The summed E-state index contributed by atoms with van der Waals surface area (Å²) < 4.78 is 19.0. The highest BCUT2D eigenvalue weighted by atomic mass is 19.1. The van der Waals surface area contributed by atoms with Gasteiger partial charge in [-0.3, -0.25) is 4.79 Å². The van der Waals surface area contributed by atoms with Crippen molar-refractivity contribution in [3.63, 3.8) is 0 Å². The van der Waals surface area contributed by atoms with Crippen LogP contribution in [0.4, 0.5) is 9.18 Å². The van der Waals surface area contributed by atoms with E-state index < -0.39 is 5.41 Å². The molecule has 7 nitrogen and oxygen atoms in total. The smallest absolute Gasteiger partial charge is 0.409 e. The van der Waals surface area contributed by atoms with Gasteiger partial charge in [0.1, 0.15) is 5.83 Å². The number of nitrogens with zero attached hydrogens (tertiary/aromatic N) is 3. The zero-order valence-electron chi connectivity index (χ0n) is 18.5. The first kappa shape index (κ1) is 22.3. The number of hydrogen-bond acceptors (Lipinski definition) is 5. The van der Waals surface area contributed by atoms with Crippen molar-refractivity contribution in [3.05, 3.63) is 24.1 Å². The number of amides is 2. The Hall–Kier alpha value is -1.93. The first-order valence-corrected chi connectivity index (χ1v) is 11.5. The summed E-state index contributed by atoms with van der Waals surface area (Å²) in [6, 6.07) is 0.361. The number of carbonyl (C=O) groups excluding carboxylic acids is 2. The minimum Gasteiger partial charge on any atom is -0.450 e. The lowest BCUT2D eigenvalue weighted by Gasteiger charge is -2.44. The van der Waals surface area contributed by atoms with Crippen LogP contribution in [-0.4, -0.2) is 89.3 Å². The quantitative estimate of drug-likeness (QED) is 0.734. The number of fused-ring (bicyclic) bond motifs is 1. The molecule has 1 N–H and O–H groups in total. The molecule has 8 heteroatoms. The van der Waals surface area contributed by atoms with Crippen molar-refractivity contribution in [2.45, 2.75) is 57.7 Å². The van der Waals surface area contributed by atoms with Gasteiger partial charge < -0.3 is 24.5 Å². The Bertz CT molecular complexity index is 756. The number of allylic oxidation sites excluding steroid dienone is 2. The Morgan fingerprint density at radius 2 is 1.84 bits per heavy atom. The first-order valence-electron chi connectivity index (χ1n) is 11.5. The molecule has 0 radical (unpaired) electrons. The van der Waals surface area contributed by atoms with E-state index in [1.807, 2.05) is 11.8 Å². The SMILES string of the molecule is CCOC(=O)N1CCC(N2CCC(N3C(=O)C(C)(CO)C4C=C(F)C=CC43)CC2)CC1. The average molecular weight is 436 g/mol. The van der Waals surface area contributed by atoms with Crippen LogP contribution in [0.3, 0.4) is 0 Å². The van der Waals surface area contributed by atoms with Crippen LogP contribution in [-0.2, 0) is 9.53 Å². The van der Waals surface area contributed by atoms with Crippen LogP contribution < -0.4 is 0 Å². The van der Waals surface area contributed by atoms with Crippen molar-refractivity contribution in [2.75, 3.05) is 39.4 Å². The fourth-order valence-corrected chi connectivity index (χ4v) is 5.78. The molecule has 3 fully saturated rings. The summed E-state index contributed by atoms with van der Waals surface area (Å²) in [6.45, 7) is 6.93. The molecule has 0 saturated carbocycles. The van der Waals surface area contributed by atoms with Crippen LogP contribution in [0.5, 0.6) is 0 Å². The summed E-state index contributed by atoms with van der Waals surface area (Å²) in [5.41, 5.74) is -0.968. The maximum atomic E-state index is 13.9. The number of aliphatic hydroxyl groups is 1. The zero-order valence-corrected chi connectivity index (χ0v) is 18.5. The summed E-state index contributed by atoms with van der Waals surface area (Å²) >= 11 is 0. The molecule has 2 amide bonds. The van der Waals surface area contributed by atoms with E-state index in [1.54, 1.807) is 17.9 Å². The Kier molecular flexibility index (Phi) is 6.40. The number of piperidine rings is 2. The van der Waals surface area contributed by atoms with Gasteiger partial charge in [-0.25, -0.2) is 9.18 Å². The van der Waals surface area contributed by atoms with E-state index >= 15 is 0 Å².